The number of aromatic amines is 2. The van der Waals surface area contributed by atoms with Crippen LogP contribution < -0.4 is 10.6 Å². The predicted molar refractivity (Wildman–Crippen MR) is 106 cm³/mol. The van der Waals surface area contributed by atoms with Gasteiger partial charge in [0.15, 0.2) is 0 Å². The summed E-state index contributed by atoms with van der Waals surface area (Å²) >= 11 is 12.3. The van der Waals surface area contributed by atoms with Crippen LogP contribution in [0.3, 0.4) is 0 Å². The molecule has 1 aliphatic heterocycles. The predicted octanol–water partition coefficient (Wildman–Crippen LogP) is 2.67. The molecule has 0 aliphatic carbocycles. The molecule has 1 aromatic heterocycles. The molecule has 10 heteroatoms. The fourth-order valence-electron chi connectivity index (χ4n) is 3.22. The van der Waals surface area contributed by atoms with E-state index in [-0.39, 0.29) is 10.6 Å². The molecule has 0 unspecified atom stereocenters. The highest BCUT2D eigenvalue weighted by atomic mass is 35.5. The number of hydrogen-bond acceptors (Lipinski definition) is 4. The molecule has 2 aromatic carbocycles. The molecule has 0 bridgehead atoms. The summed E-state index contributed by atoms with van der Waals surface area (Å²) < 4.78 is 27.4. The Kier molecular flexibility index (Phi) is 4.67. The number of imidazole rings is 1. The van der Waals surface area contributed by atoms with Crippen LogP contribution in [-0.4, -0.2) is 48.9 Å². The highest BCUT2D eigenvalue weighted by molar-refractivity contribution is 7.89. The zero-order valence-corrected chi connectivity index (χ0v) is 16.4. The normalized spacial score (nSPS) is 16.1. The van der Waals surface area contributed by atoms with Gasteiger partial charge < -0.3 is 14.9 Å². The number of hydrogen-bond donors (Lipinski definition) is 2. The molecule has 1 fully saturated rings. The molecule has 142 valence electrons. The molecule has 1 saturated heterocycles. The largest absolute Gasteiger partial charge is 0.368 e. The van der Waals surface area contributed by atoms with Gasteiger partial charge >= 0.3 is 5.69 Å². The van der Waals surface area contributed by atoms with E-state index >= 15 is 0 Å². The Balaban J connectivity index is 1.55. The molecule has 7 nitrogen and oxygen atoms in total. The summed E-state index contributed by atoms with van der Waals surface area (Å²) in [6.07, 6.45) is 0. The number of nitrogens with zero attached hydrogens (tertiary/aromatic N) is 2. The van der Waals surface area contributed by atoms with Gasteiger partial charge in [-0.2, -0.15) is 4.31 Å². The summed E-state index contributed by atoms with van der Waals surface area (Å²) in [4.78, 5) is 18.7. The van der Waals surface area contributed by atoms with Crippen LogP contribution in [0.1, 0.15) is 0 Å². The average Bonchev–Trinajstić information content (AvgIpc) is 3.03. The van der Waals surface area contributed by atoms with E-state index in [0.29, 0.717) is 47.3 Å². The third kappa shape index (κ3) is 3.45. The van der Waals surface area contributed by atoms with Crippen molar-refractivity contribution in [1.29, 1.82) is 0 Å². The molecule has 2 heterocycles. The van der Waals surface area contributed by atoms with Crippen LogP contribution in [0.2, 0.25) is 10.0 Å². The Hall–Kier alpha value is -2.00. The molecule has 0 atom stereocenters. The maximum Gasteiger partial charge on any atom is 0.323 e. The summed E-state index contributed by atoms with van der Waals surface area (Å²) in [6, 6.07) is 9.79. The monoisotopic (exact) mass is 426 g/mol. The molecular weight excluding hydrogens is 411 g/mol. The third-order valence-corrected chi connectivity index (χ3v) is 7.06. The zero-order valence-electron chi connectivity index (χ0n) is 14.1. The number of halogens is 2. The molecule has 0 saturated carbocycles. The van der Waals surface area contributed by atoms with E-state index in [2.05, 4.69) is 9.97 Å². The van der Waals surface area contributed by atoms with Gasteiger partial charge in [0.25, 0.3) is 0 Å². The van der Waals surface area contributed by atoms with Crippen LogP contribution in [-0.2, 0) is 10.0 Å². The summed E-state index contributed by atoms with van der Waals surface area (Å²) in [5.74, 6) is 0. The molecule has 0 spiro atoms. The van der Waals surface area contributed by atoms with Crippen molar-refractivity contribution in [1.82, 2.24) is 14.3 Å². The number of benzene rings is 2. The maximum atomic E-state index is 13.0. The molecular formula is C17H16Cl2N4O3S. The number of fused-ring (bicyclic) bond motifs is 1. The first-order chi connectivity index (χ1) is 12.8. The van der Waals surface area contributed by atoms with Gasteiger partial charge in [-0.25, -0.2) is 13.2 Å². The van der Waals surface area contributed by atoms with Crippen molar-refractivity contribution in [3.05, 3.63) is 56.9 Å². The van der Waals surface area contributed by atoms with Crippen molar-refractivity contribution in [2.75, 3.05) is 31.1 Å². The van der Waals surface area contributed by atoms with Crippen LogP contribution in [0, 0.1) is 0 Å². The van der Waals surface area contributed by atoms with Crippen LogP contribution >= 0.6 is 23.2 Å². The smallest absolute Gasteiger partial charge is 0.323 e. The number of sulfonamides is 1. The fraction of sp³-hybridized carbons (Fsp3) is 0.235. The van der Waals surface area contributed by atoms with Crippen molar-refractivity contribution >= 4 is 49.9 Å². The number of aromatic nitrogens is 2. The lowest BCUT2D eigenvalue weighted by Crippen LogP contribution is -2.48. The minimum absolute atomic E-state index is 0.152. The molecule has 2 N–H and O–H groups in total. The second-order valence-electron chi connectivity index (χ2n) is 6.27. The minimum Gasteiger partial charge on any atom is -0.368 e. The van der Waals surface area contributed by atoms with E-state index in [0.717, 1.165) is 5.69 Å². The number of piperazine rings is 1. The van der Waals surface area contributed by atoms with E-state index < -0.39 is 10.0 Å². The molecule has 3 aromatic rings. The van der Waals surface area contributed by atoms with Gasteiger partial charge in [-0.1, -0.05) is 23.2 Å². The number of rotatable bonds is 3. The topological polar surface area (TPSA) is 89.3 Å². The fourth-order valence-corrected chi connectivity index (χ4v) is 5.07. The van der Waals surface area contributed by atoms with Crippen molar-refractivity contribution in [3.8, 4) is 0 Å². The Morgan fingerprint density at radius 1 is 0.889 bits per heavy atom. The van der Waals surface area contributed by atoms with Gasteiger partial charge in [-0.05, 0) is 36.4 Å². The van der Waals surface area contributed by atoms with E-state index in [1.165, 1.54) is 16.4 Å². The van der Waals surface area contributed by atoms with Gasteiger partial charge in [0.1, 0.15) is 0 Å². The lowest BCUT2D eigenvalue weighted by molar-refractivity contribution is 0.385. The van der Waals surface area contributed by atoms with Crippen LogP contribution in [0.4, 0.5) is 5.69 Å². The molecule has 27 heavy (non-hydrogen) atoms. The first-order valence-corrected chi connectivity index (χ1v) is 10.5. The zero-order chi connectivity index (χ0) is 19.2. The van der Waals surface area contributed by atoms with E-state index in [1.807, 2.05) is 4.90 Å². The van der Waals surface area contributed by atoms with E-state index in [1.54, 1.807) is 24.3 Å². The van der Waals surface area contributed by atoms with E-state index in [9.17, 15) is 13.2 Å². The number of H-pyrrole nitrogens is 2. The average molecular weight is 427 g/mol. The SMILES string of the molecule is O=c1[nH]c2ccc(S(=O)(=O)N3CCN(c4cc(Cl)ccc4Cl)CC3)cc2[nH]1. The van der Waals surface area contributed by atoms with Crippen molar-refractivity contribution in [2.24, 2.45) is 0 Å². The Morgan fingerprint density at radius 3 is 2.33 bits per heavy atom. The standard InChI is InChI=1S/C17H16Cl2N4O3S/c18-11-1-3-13(19)16(9-11)22-5-7-23(8-6-22)27(25,26)12-2-4-14-15(10-12)21-17(24)20-14/h1-4,9-10H,5-8H2,(H2,20,21,24). The number of anilines is 1. The van der Waals surface area contributed by atoms with E-state index in [4.69, 9.17) is 23.2 Å². The highest BCUT2D eigenvalue weighted by Crippen LogP contribution is 2.30. The van der Waals surface area contributed by atoms with Gasteiger partial charge in [-0.15, -0.1) is 0 Å². The van der Waals surface area contributed by atoms with Crippen LogP contribution in [0.5, 0.6) is 0 Å². The summed E-state index contributed by atoms with van der Waals surface area (Å²) in [7, 11) is -3.66. The quantitative estimate of drug-likeness (QED) is 0.673. The minimum atomic E-state index is -3.66. The molecule has 0 amide bonds. The third-order valence-electron chi connectivity index (χ3n) is 4.61. The molecule has 1 aliphatic rings. The first kappa shape index (κ1) is 18.4. The van der Waals surface area contributed by atoms with Gasteiger partial charge in [-0.3, -0.25) is 0 Å². The van der Waals surface area contributed by atoms with Crippen molar-refractivity contribution < 1.29 is 8.42 Å². The second kappa shape index (κ2) is 6.87. The highest BCUT2D eigenvalue weighted by Gasteiger charge is 2.29. The van der Waals surface area contributed by atoms with Gasteiger partial charge in [0, 0.05) is 31.2 Å². The lowest BCUT2D eigenvalue weighted by atomic mass is 10.2. The second-order valence-corrected chi connectivity index (χ2v) is 9.05. The first-order valence-electron chi connectivity index (χ1n) is 8.27. The molecule has 4 rings (SSSR count). The maximum absolute atomic E-state index is 13.0. The summed E-state index contributed by atoms with van der Waals surface area (Å²) in [5, 5.41) is 1.16. The summed E-state index contributed by atoms with van der Waals surface area (Å²) in [6.45, 7) is 1.66. The Morgan fingerprint density at radius 2 is 1.59 bits per heavy atom. The van der Waals surface area contributed by atoms with Gasteiger partial charge in [0.2, 0.25) is 10.0 Å². The Labute approximate surface area is 165 Å². The van der Waals surface area contributed by atoms with Crippen molar-refractivity contribution in [2.45, 2.75) is 4.90 Å². The number of nitrogens with one attached hydrogen (secondary N) is 2. The van der Waals surface area contributed by atoms with Crippen molar-refractivity contribution in [3.63, 3.8) is 0 Å². The summed E-state index contributed by atoms with van der Waals surface area (Å²) in [5.41, 5.74) is 1.46. The van der Waals surface area contributed by atoms with Crippen LogP contribution in [0.25, 0.3) is 11.0 Å². The molecule has 0 radical (unpaired) electrons. The van der Waals surface area contributed by atoms with Gasteiger partial charge in [0.05, 0.1) is 26.6 Å². The van der Waals surface area contributed by atoms with Crippen LogP contribution in [0.15, 0.2) is 46.1 Å². The Bertz CT molecular complexity index is 1160. The lowest BCUT2D eigenvalue weighted by Gasteiger charge is -2.35.